The van der Waals surface area contributed by atoms with E-state index in [0.717, 1.165) is 11.3 Å². The van der Waals surface area contributed by atoms with Crippen LogP contribution in [0.15, 0.2) is 35.1 Å². The molecule has 0 radical (unpaired) electrons. The van der Waals surface area contributed by atoms with Crippen LogP contribution in [-0.4, -0.2) is 12.3 Å². The maximum absolute atomic E-state index is 8.98. The molecule has 5 heteroatoms. The van der Waals surface area contributed by atoms with Gasteiger partial charge in [0.05, 0.1) is 18.4 Å². The highest BCUT2D eigenvalue weighted by molar-refractivity contribution is 5.45. The second-order valence-electron chi connectivity index (χ2n) is 3.74. The van der Waals surface area contributed by atoms with Gasteiger partial charge in [-0.3, -0.25) is 0 Å². The number of aromatic nitrogens is 1. The highest BCUT2D eigenvalue weighted by Gasteiger charge is 2.03. The quantitative estimate of drug-likeness (QED) is 0.867. The highest BCUT2D eigenvalue weighted by atomic mass is 16.5. The van der Waals surface area contributed by atoms with Crippen molar-refractivity contribution in [2.24, 2.45) is 0 Å². The molecule has 1 N–H and O–H groups in total. The van der Waals surface area contributed by atoms with Crippen LogP contribution in [0.3, 0.4) is 0 Å². The van der Waals surface area contributed by atoms with Crippen molar-refractivity contribution in [1.82, 2.24) is 10.5 Å². The molecule has 0 unspecified atom stereocenters. The van der Waals surface area contributed by atoms with Crippen LogP contribution < -0.4 is 10.1 Å². The van der Waals surface area contributed by atoms with Crippen molar-refractivity contribution in [3.05, 3.63) is 47.3 Å². The van der Waals surface area contributed by atoms with Gasteiger partial charge in [0.15, 0.2) is 0 Å². The van der Waals surface area contributed by atoms with Gasteiger partial charge >= 0.3 is 0 Å². The Balaban J connectivity index is 1.96. The molecule has 18 heavy (non-hydrogen) atoms. The summed E-state index contributed by atoms with van der Waals surface area (Å²) >= 11 is 0. The summed E-state index contributed by atoms with van der Waals surface area (Å²) in [6, 6.07) is 9.46. The molecule has 0 fully saturated rings. The Morgan fingerprint density at radius 1 is 1.39 bits per heavy atom. The summed E-state index contributed by atoms with van der Waals surface area (Å²) in [6.07, 6.45) is 1.54. The van der Waals surface area contributed by atoms with Gasteiger partial charge in [-0.25, -0.2) is 0 Å². The van der Waals surface area contributed by atoms with E-state index in [0.29, 0.717) is 24.4 Å². The zero-order valence-electron chi connectivity index (χ0n) is 10.0. The van der Waals surface area contributed by atoms with Gasteiger partial charge in [0, 0.05) is 19.2 Å². The lowest BCUT2D eigenvalue weighted by Crippen LogP contribution is -2.13. The number of nitriles is 1. The Morgan fingerprint density at radius 2 is 2.28 bits per heavy atom. The van der Waals surface area contributed by atoms with Gasteiger partial charge in [-0.1, -0.05) is 11.2 Å². The first-order chi connectivity index (χ1) is 8.83. The van der Waals surface area contributed by atoms with Gasteiger partial charge in [-0.2, -0.15) is 5.26 Å². The monoisotopic (exact) mass is 243 g/mol. The minimum atomic E-state index is 0.540. The van der Waals surface area contributed by atoms with Crippen LogP contribution in [0.5, 0.6) is 5.75 Å². The van der Waals surface area contributed by atoms with E-state index in [1.807, 2.05) is 18.2 Å². The lowest BCUT2D eigenvalue weighted by Gasteiger charge is -2.06. The second kappa shape index (κ2) is 5.84. The third-order valence-electron chi connectivity index (χ3n) is 2.51. The number of rotatable bonds is 5. The number of ether oxygens (including phenoxy) is 1. The number of benzene rings is 1. The van der Waals surface area contributed by atoms with Crippen LogP contribution in [0.25, 0.3) is 0 Å². The molecule has 0 spiro atoms. The molecule has 1 aromatic heterocycles. The number of nitrogens with zero attached hydrogens (tertiary/aromatic N) is 2. The second-order valence-corrected chi connectivity index (χ2v) is 3.74. The van der Waals surface area contributed by atoms with E-state index in [2.05, 4.69) is 16.5 Å². The van der Waals surface area contributed by atoms with E-state index in [1.165, 1.54) is 6.26 Å². The van der Waals surface area contributed by atoms with Gasteiger partial charge < -0.3 is 14.6 Å². The van der Waals surface area contributed by atoms with Gasteiger partial charge in [0.2, 0.25) is 0 Å². The molecule has 0 aliphatic carbocycles. The fourth-order valence-electron chi connectivity index (χ4n) is 1.62. The number of hydrogen-bond acceptors (Lipinski definition) is 5. The van der Waals surface area contributed by atoms with Crippen molar-refractivity contribution in [1.29, 1.82) is 5.26 Å². The van der Waals surface area contributed by atoms with Crippen molar-refractivity contribution in [2.45, 2.75) is 13.1 Å². The minimum absolute atomic E-state index is 0.540. The van der Waals surface area contributed by atoms with Crippen LogP contribution in [0.4, 0.5) is 0 Å². The summed E-state index contributed by atoms with van der Waals surface area (Å²) in [6.45, 7) is 1.29. The first kappa shape index (κ1) is 12.1. The fraction of sp³-hybridized carbons (Fsp3) is 0.231. The minimum Gasteiger partial charge on any atom is -0.495 e. The molecule has 0 aliphatic rings. The van der Waals surface area contributed by atoms with Crippen LogP contribution in [0.2, 0.25) is 0 Å². The Kier molecular flexibility index (Phi) is 3.94. The van der Waals surface area contributed by atoms with Crippen molar-refractivity contribution in [3.8, 4) is 11.8 Å². The smallest absolute Gasteiger partial charge is 0.136 e. The van der Waals surface area contributed by atoms with Crippen LogP contribution in [0.1, 0.15) is 16.8 Å². The molecule has 1 aromatic carbocycles. The normalized spacial score (nSPS) is 10.0. The van der Waals surface area contributed by atoms with Gasteiger partial charge in [0.1, 0.15) is 18.1 Å². The van der Waals surface area contributed by atoms with E-state index in [9.17, 15) is 0 Å². The molecule has 2 aromatic rings. The molecular formula is C13H13N3O2. The zero-order valence-corrected chi connectivity index (χ0v) is 10.0. The zero-order chi connectivity index (χ0) is 12.8. The standard InChI is InChI=1S/C13H13N3O2/c1-17-13-3-2-10(6-11(13)7-14)8-15-9-12-4-5-18-16-12/h2-6,15H,8-9H2,1H3. The van der Waals surface area contributed by atoms with Crippen molar-refractivity contribution in [2.75, 3.05) is 7.11 Å². The van der Waals surface area contributed by atoms with Gasteiger partial charge in [0.25, 0.3) is 0 Å². The Morgan fingerprint density at radius 3 is 2.94 bits per heavy atom. The topological polar surface area (TPSA) is 71.1 Å². The molecule has 0 amide bonds. The van der Waals surface area contributed by atoms with Crippen LogP contribution in [0, 0.1) is 11.3 Å². The Hall–Kier alpha value is -2.32. The van der Waals surface area contributed by atoms with Gasteiger partial charge in [-0.15, -0.1) is 0 Å². The highest BCUT2D eigenvalue weighted by Crippen LogP contribution is 2.18. The average molecular weight is 243 g/mol. The lowest BCUT2D eigenvalue weighted by molar-refractivity contribution is 0.408. The summed E-state index contributed by atoms with van der Waals surface area (Å²) in [5.74, 6) is 0.595. The summed E-state index contributed by atoms with van der Waals surface area (Å²) in [5, 5.41) is 16.0. The maximum atomic E-state index is 8.98. The summed E-state index contributed by atoms with van der Waals surface area (Å²) in [5.41, 5.74) is 2.41. The Bertz CT molecular complexity index is 544. The van der Waals surface area contributed by atoms with Crippen molar-refractivity contribution >= 4 is 0 Å². The maximum Gasteiger partial charge on any atom is 0.136 e. The van der Waals surface area contributed by atoms with Crippen molar-refractivity contribution in [3.63, 3.8) is 0 Å². The number of methoxy groups -OCH3 is 1. The molecule has 0 atom stereocenters. The molecule has 0 saturated carbocycles. The van der Waals surface area contributed by atoms with E-state index < -0.39 is 0 Å². The fourth-order valence-corrected chi connectivity index (χ4v) is 1.62. The molecule has 0 aliphatic heterocycles. The third kappa shape index (κ3) is 2.87. The number of nitrogens with one attached hydrogen (secondary N) is 1. The predicted octanol–water partition coefficient (Wildman–Crippen LogP) is 1.84. The predicted molar refractivity (Wildman–Crippen MR) is 64.8 cm³/mol. The van der Waals surface area contributed by atoms with Crippen LogP contribution >= 0.6 is 0 Å². The molecule has 1 heterocycles. The summed E-state index contributed by atoms with van der Waals surface area (Å²) in [7, 11) is 1.55. The van der Waals surface area contributed by atoms with E-state index in [4.69, 9.17) is 14.5 Å². The molecule has 0 saturated heterocycles. The number of hydrogen-bond donors (Lipinski definition) is 1. The molecule has 2 rings (SSSR count). The molecular weight excluding hydrogens is 230 g/mol. The first-order valence-corrected chi connectivity index (χ1v) is 5.50. The van der Waals surface area contributed by atoms with Crippen molar-refractivity contribution < 1.29 is 9.26 Å². The largest absolute Gasteiger partial charge is 0.495 e. The molecule has 5 nitrogen and oxygen atoms in total. The van der Waals surface area contributed by atoms with E-state index in [-0.39, 0.29) is 0 Å². The SMILES string of the molecule is COc1ccc(CNCc2ccon2)cc1C#N. The third-order valence-corrected chi connectivity index (χ3v) is 2.51. The van der Waals surface area contributed by atoms with Crippen LogP contribution in [-0.2, 0) is 13.1 Å². The van der Waals surface area contributed by atoms with E-state index >= 15 is 0 Å². The Labute approximate surface area is 105 Å². The molecule has 0 bridgehead atoms. The van der Waals surface area contributed by atoms with Gasteiger partial charge in [-0.05, 0) is 17.7 Å². The lowest BCUT2D eigenvalue weighted by atomic mass is 10.1. The first-order valence-electron chi connectivity index (χ1n) is 5.50. The summed E-state index contributed by atoms with van der Waals surface area (Å²) in [4.78, 5) is 0. The molecule has 92 valence electrons. The summed E-state index contributed by atoms with van der Waals surface area (Å²) < 4.78 is 9.82. The average Bonchev–Trinajstić information content (AvgIpc) is 2.91. The van der Waals surface area contributed by atoms with E-state index in [1.54, 1.807) is 13.2 Å².